The Balaban J connectivity index is 1.63. The van der Waals surface area contributed by atoms with Gasteiger partial charge in [-0.3, -0.25) is 5.43 Å². The maximum Gasteiger partial charge on any atom is 0.422 e. The summed E-state index contributed by atoms with van der Waals surface area (Å²) in [5.41, 5.74) is 3.62. The number of hydrogen-bond donors (Lipinski definition) is 3. The molecule has 0 aromatic heterocycles. The molecule has 2 unspecified atom stereocenters. The third-order valence-corrected chi connectivity index (χ3v) is 7.23. The summed E-state index contributed by atoms with van der Waals surface area (Å²) >= 11 is 0. The lowest BCUT2D eigenvalue weighted by atomic mass is 9.86. The molecule has 0 saturated carbocycles. The number of hydrogen-bond acceptors (Lipinski definition) is 7. The van der Waals surface area contributed by atoms with Gasteiger partial charge in [0.25, 0.3) is 0 Å². The Kier molecular flexibility index (Phi) is 9.81. The van der Waals surface area contributed by atoms with Crippen LogP contribution < -0.4 is 5.43 Å². The minimum atomic E-state index is -1.42. The van der Waals surface area contributed by atoms with E-state index in [2.05, 4.69) is 18.4 Å². The van der Waals surface area contributed by atoms with Crippen LogP contribution in [-0.2, 0) is 33.9 Å². The van der Waals surface area contributed by atoms with Crippen molar-refractivity contribution in [2.75, 3.05) is 6.54 Å². The second kappa shape index (κ2) is 13.7. The highest BCUT2D eigenvalue weighted by Gasteiger charge is 2.44. The van der Waals surface area contributed by atoms with E-state index in [0.29, 0.717) is 5.56 Å². The van der Waals surface area contributed by atoms with E-state index in [1.807, 2.05) is 78.9 Å². The number of nitrogens with zero attached hydrogens (tertiary/aromatic N) is 1. The van der Waals surface area contributed by atoms with Crippen LogP contribution in [0.1, 0.15) is 30.5 Å². The van der Waals surface area contributed by atoms with Gasteiger partial charge in [-0.2, -0.15) is 0 Å². The molecular weight excluding hydrogens is 520 g/mol. The number of nitrogens with one attached hydrogen (secondary N) is 1. The summed E-state index contributed by atoms with van der Waals surface area (Å²) in [5.74, 6) is -1.02. The molecule has 1 aliphatic rings. The first-order valence-electron chi connectivity index (χ1n) is 13.6. The molecule has 0 fully saturated rings. The lowest BCUT2D eigenvalue weighted by Crippen LogP contribution is -2.62. The Bertz CT molecular complexity index is 1370. The first kappa shape index (κ1) is 29.4. The van der Waals surface area contributed by atoms with Crippen LogP contribution in [-0.4, -0.2) is 39.4 Å². The van der Waals surface area contributed by atoms with Gasteiger partial charge in [0.2, 0.25) is 0 Å². The highest BCUT2D eigenvalue weighted by Crippen LogP contribution is 2.31. The molecule has 4 rings (SSSR count). The average Bonchev–Trinajstić information content (AvgIpc) is 2.98. The number of rotatable bonds is 11. The maximum absolute atomic E-state index is 13.9. The van der Waals surface area contributed by atoms with E-state index in [1.54, 1.807) is 18.0 Å². The number of allylic oxidation sites excluding steroid dienone is 3. The minimum Gasteiger partial charge on any atom is -0.504 e. The van der Waals surface area contributed by atoms with Crippen LogP contribution in [0, 0.1) is 11.8 Å². The number of carbonyl (C=O) groups is 2. The van der Waals surface area contributed by atoms with E-state index < -0.39 is 17.6 Å². The Hall–Kier alpha value is -4.56. The fraction of sp³-hybridized carbons (Fsp3) is 0.273. The molecule has 1 amide bonds. The molecule has 0 spiro atoms. The molecule has 0 aliphatic heterocycles. The monoisotopic (exact) mass is 556 g/mol. The van der Waals surface area contributed by atoms with E-state index in [0.717, 1.165) is 11.1 Å². The zero-order valence-electron chi connectivity index (χ0n) is 23.3. The summed E-state index contributed by atoms with van der Waals surface area (Å²) in [7, 11) is 0. The van der Waals surface area contributed by atoms with Crippen molar-refractivity contribution in [3.05, 3.63) is 120 Å². The molecule has 3 aromatic rings. The molecule has 0 saturated heterocycles. The van der Waals surface area contributed by atoms with Gasteiger partial charge in [-0.1, -0.05) is 98.0 Å². The maximum atomic E-state index is 13.9. The largest absolute Gasteiger partial charge is 0.504 e. The second-order valence-electron chi connectivity index (χ2n) is 10.4. The molecule has 3 N–H and O–H groups in total. The standard InChI is InChI=1S/C33H36N2O6/c1-24-11-9-10-16-28(24)21-35(34-32(39)41-23-26-14-7-4-8-15-26)33(2,20-27-17-18-29(36)30(37)19-27)31(38)40-22-25-12-5-3-6-13-25/h3-19,24,28,36-37H,20-23H2,1-2H3,(H,34,39)/t24?,28?,33-/m0/s1. The molecule has 3 atom stereocenters. The van der Waals surface area contributed by atoms with E-state index in [1.165, 1.54) is 12.1 Å². The number of carbonyl (C=O) groups excluding carboxylic acids is 2. The fourth-order valence-electron chi connectivity index (χ4n) is 4.67. The van der Waals surface area contributed by atoms with Crippen molar-refractivity contribution in [3.63, 3.8) is 0 Å². The van der Waals surface area contributed by atoms with Gasteiger partial charge < -0.3 is 19.7 Å². The highest BCUT2D eigenvalue weighted by molar-refractivity contribution is 5.81. The Morgan fingerprint density at radius 2 is 1.44 bits per heavy atom. The number of phenolic OH excluding ortho intramolecular Hbond substituents is 2. The van der Waals surface area contributed by atoms with Gasteiger partial charge >= 0.3 is 12.1 Å². The van der Waals surface area contributed by atoms with Crippen molar-refractivity contribution in [3.8, 4) is 11.5 Å². The van der Waals surface area contributed by atoms with Crippen molar-refractivity contribution in [1.82, 2.24) is 10.4 Å². The van der Waals surface area contributed by atoms with Crippen LogP contribution in [0.3, 0.4) is 0 Å². The minimum absolute atomic E-state index is 0.0242. The Morgan fingerprint density at radius 1 is 0.829 bits per heavy atom. The molecule has 0 heterocycles. The van der Waals surface area contributed by atoms with Crippen molar-refractivity contribution in [1.29, 1.82) is 0 Å². The van der Waals surface area contributed by atoms with Gasteiger partial charge in [0.1, 0.15) is 18.8 Å². The number of phenols is 2. The number of ether oxygens (including phenoxy) is 2. The summed E-state index contributed by atoms with van der Waals surface area (Å²) in [6.45, 7) is 4.15. The van der Waals surface area contributed by atoms with Gasteiger partial charge in [0.15, 0.2) is 11.5 Å². The Morgan fingerprint density at radius 3 is 2.05 bits per heavy atom. The third-order valence-electron chi connectivity index (χ3n) is 7.23. The van der Waals surface area contributed by atoms with E-state index in [4.69, 9.17) is 9.47 Å². The van der Waals surface area contributed by atoms with Crippen LogP contribution in [0.15, 0.2) is 103 Å². The van der Waals surface area contributed by atoms with Gasteiger partial charge in [0, 0.05) is 13.0 Å². The summed E-state index contributed by atoms with van der Waals surface area (Å²) in [5, 5.41) is 21.6. The molecule has 1 aliphatic carbocycles. The zero-order valence-corrected chi connectivity index (χ0v) is 23.3. The Labute approximate surface area is 240 Å². The molecule has 0 bridgehead atoms. The predicted octanol–water partition coefficient (Wildman–Crippen LogP) is 5.66. The average molecular weight is 557 g/mol. The number of esters is 1. The van der Waals surface area contributed by atoms with Crippen LogP contribution in [0.2, 0.25) is 0 Å². The first-order chi connectivity index (χ1) is 19.7. The quantitative estimate of drug-likeness (QED) is 0.159. The van der Waals surface area contributed by atoms with Gasteiger partial charge in [-0.15, -0.1) is 0 Å². The number of aromatic hydroxyl groups is 2. The molecule has 214 valence electrons. The third kappa shape index (κ3) is 7.99. The van der Waals surface area contributed by atoms with Gasteiger partial charge in [-0.25, -0.2) is 14.6 Å². The van der Waals surface area contributed by atoms with Crippen molar-refractivity contribution in [2.45, 2.75) is 39.0 Å². The van der Waals surface area contributed by atoms with E-state index in [-0.39, 0.29) is 49.5 Å². The second-order valence-corrected chi connectivity index (χ2v) is 10.4. The van der Waals surface area contributed by atoms with Gasteiger partial charge in [0.05, 0.1) is 0 Å². The smallest absolute Gasteiger partial charge is 0.422 e. The number of hydrazine groups is 1. The molecule has 41 heavy (non-hydrogen) atoms. The summed E-state index contributed by atoms with van der Waals surface area (Å²) < 4.78 is 11.3. The number of benzene rings is 3. The summed E-state index contributed by atoms with van der Waals surface area (Å²) in [4.78, 5) is 27.0. The normalized spacial score (nSPS) is 17.5. The van der Waals surface area contributed by atoms with E-state index in [9.17, 15) is 19.8 Å². The lowest BCUT2D eigenvalue weighted by Gasteiger charge is -2.41. The molecule has 3 aromatic carbocycles. The molecule has 8 heteroatoms. The van der Waals surface area contributed by atoms with Crippen LogP contribution >= 0.6 is 0 Å². The summed E-state index contributed by atoms with van der Waals surface area (Å²) in [6.07, 6.45) is 7.37. The van der Waals surface area contributed by atoms with E-state index >= 15 is 0 Å². The van der Waals surface area contributed by atoms with Crippen molar-refractivity contribution < 1.29 is 29.3 Å². The topological polar surface area (TPSA) is 108 Å². The molecule has 0 radical (unpaired) electrons. The summed E-state index contributed by atoms with van der Waals surface area (Å²) in [6, 6.07) is 23.0. The first-order valence-corrected chi connectivity index (χ1v) is 13.6. The van der Waals surface area contributed by atoms with Gasteiger partial charge in [-0.05, 0) is 47.6 Å². The molecular formula is C33H36N2O6. The van der Waals surface area contributed by atoms with Crippen LogP contribution in [0.4, 0.5) is 4.79 Å². The highest BCUT2D eigenvalue weighted by atomic mass is 16.6. The zero-order chi connectivity index (χ0) is 29.2. The number of amides is 1. The van der Waals surface area contributed by atoms with Crippen LogP contribution in [0.5, 0.6) is 11.5 Å². The predicted molar refractivity (Wildman–Crippen MR) is 156 cm³/mol. The fourth-order valence-corrected chi connectivity index (χ4v) is 4.67. The lowest BCUT2D eigenvalue weighted by molar-refractivity contribution is -0.161. The van der Waals surface area contributed by atoms with Crippen LogP contribution in [0.25, 0.3) is 0 Å². The molecule has 8 nitrogen and oxygen atoms in total. The van der Waals surface area contributed by atoms with Crippen molar-refractivity contribution >= 4 is 12.1 Å². The SMILES string of the molecule is CC1C=CC=CC1CN(NC(=O)OCc1ccccc1)[C@@](C)(Cc1ccc(O)c(O)c1)C(=O)OCc1ccccc1. The van der Waals surface area contributed by atoms with Crippen molar-refractivity contribution in [2.24, 2.45) is 11.8 Å².